The summed E-state index contributed by atoms with van der Waals surface area (Å²) in [5, 5.41) is 2.97. The van der Waals surface area contributed by atoms with Crippen LogP contribution in [0.4, 0.5) is 9.80 Å². The number of amides is 3. The Morgan fingerprint density at radius 2 is 1.88 bits per heavy atom. The van der Waals surface area contributed by atoms with E-state index in [1.165, 1.54) is 22.5 Å². The molecule has 1 aromatic carbocycles. The molecule has 1 aliphatic rings. The molecule has 0 spiro atoms. The first-order chi connectivity index (χ1) is 11.2. The molecular formula is C18H21N3O2S. The molecule has 0 saturated heterocycles. The van der Waals surface area contributed by atoms with E-state index in [9.17, 15) is 9.59 Å². The molecule has 1 heterocycles. The van der Waals surface area contributed by atoms with Crippen LogP contribution in [0.5, 0.6) is 0 Å². The predicted octanol–water partition coefficient (Wildman–Crippen LogP) is 3.40. The van der Waals surface area contributed by atoms with Crippen molar-refractivity contribution in [1.82, 2.24) is 0 Å². The zero-order chi connectivity index (χ0) is 17.6. The molecule has 1 aromatic heterocycles. The molecular weight excluding hydrogens is 322 g/mol. The van der Waals surface area contributed by atoms with Gasteiger partial charge in [-0.05, 0) is 40.5 Å². The molecule has 3 amide bonds. The van der Waals surface area contributed by atoms with Crippen LogP contribution in [0.3, 0.4) is 0 Å². The number of hydrogen-bond acceptors (Lipinski definition) is 3. The summed E-state index contributed by atoms with van der Waals surface area (Å²) in [6.45, 7) is 6.57. The number of anilines is 1. The zero-order valence-corrected chi connectivity index (χ0v) is 14.8. The molecule has 0 bridgehead atoms. The van der Waals surface area contributed by atoms with Crippen molar-refractivity contribution in [3.05, 3.63) is 40.5 Å². The number of benzene rings is 1. The Hall–Kier alpha value is -2.34. The Morgan fingerprint density at radius 3 is 2.46 bits per heavy atom. The van der Waals surface area contributed by atoms with Crippen molar-refractivity contribution in [2.45, 2.75) is 39.0 Å². The van der Waals surface area contributed by atoms with E-state index in [2.05, 4.69) is 44.3 Å². The number of nitrogens with one attached hydrogen (secondary N) is 1. The summed E-state index contributed by atoms with van der Waals surface area (Å²) in [6.07, 6.45) is 1.57. The van der Waals surface area contributed by atoms with E-state index in [1.54, 1.807) is 0 Å². The van der Waals surface area contributed by atoms with E-state index >= 15 is 0 Å². The third kappa shape index (κ3) is 2.78. The maximum atomic E-state index is 11.9. The Morgan fingerprint density at radius 1 is 1.17 bits per heavy atom. The quantitative estimate of drug-likeness (QED) is 0.779. The topological polar surface area (TPSA) is 98.2 Å². The van der Waals surface area contributed by atoms with E-state index in [4.69, 9.17) is 11.5 Å². The number of nitrogens with two attached hydrogens (primary N) is 2. The van der Waals surface area contributed by atoms with Gasteiger partial charge in [-0.2, -0.15) is 0 Å². The van der Waals surface area contributed by atoms with Crippen LogP contribution in [-0.4, -0.2) is 11.9 Å². The average Bonchev–Trinajstić information content (AvgIpc) is 2.83. The van der Waals surface area contributed by atoms with E-state index in [0.717, 1.165) is 28.8 Å². The first-order valence-corrected chi connectivity index (χ1v) is 8.66. The second-order valence-corrected chi connectivity index (χ2v) is 8.11. The number of carbonyl (C=O) groups excluding carboxylic acids is 2. The van der Waals surface area contributed by atoms with Gasteiger partial charge in [-0.15, -0.1) is 11.3 Å². The van der Waals surface area contributed by atoms with Gasteiger partial charge in [-0.3, -0.25) is 10.1 Å². The molecule has 0 aliphatic heterocycles. The van der Waals surface area contributed by atoms with Gasteiger partial charge in [0.25, 0.3) is 5.91 Å². The number of hydrogen-bond donors (Lipinski definition) is 3. The van der Waals surface area contributed by atoms with Gasteiger partial charge < -0.3 is 11.5 Å². The molecule has 0 radical (unpaired) electrons. The Labute approximate surface area is 145 Å². The van der Waals surface area contributed by atoms with Crippen molar-refractivity contribution in [3.8, 4) is 10.4 Å². The van der Waals surface area contributed by atoms with Gasteiger partial charge in [0, 0.05) is 4.88 Å². The van der Waals surface area contributed by atoms with Gasteiger partial charge in [0.2, 0.25) is 0 Å². The maximum Gasteiger partial charge on any atom is 0.317 e. The van der Waals surface area contributed by atoms with Gasteiger partial charge >= 0.3 is 6.03 Å². The fraction of sp³-hybridized carbons (Fsp3) is 0.333. The highest BCUT2D eigenvalue weighted by atomic mass is 32.1. The van der Waals surface area contributed by atoms with E-state index < -0.39 is 11.9 Å². The molecule has 0 fully saturated rings. The molecule has 126 valence electrons. The standard InChI is InChI=1S/C18H21N3O2S/c1-18(2,3)10-5-7-11-9(8-10)4-6-12-13(15(19)22)16(21-17(20)23)24-14(11)12/h5,7-8H,4,6H2,1-3H3,(H2,19,22)(H3,20,21,23). The lowest BCUT2D eigenvalue weighted by Gasteiger charge is -2.23. The van der Waals surface area contributed by atoms with Gasteiger partial charge in [-0.25, -0.2) is 4.79 Å². The van der Waals surface area contributed by atoms with Crippen LogP contribution < -0.4 is 16.8 Å². The van der Waals surface area contributed by atoms with Gasteiger partial charge in [0.05, 0.1) is 5.56 Å². The third-order valence-corrected chi connectivity index (χ3v) is 5.53. The highest BCUT2D eigenvalue weighted by Gasteiger charge is 2.28. The van der Waals surface area contributed by atoms with Crippen LogP contribution in [0.25, 0.3) is 10.4 Å². The Kier molecular flexibility index (Phi) is 3.87. The fourth-order valence-corrected chi connectivity index (χ4v) is 4.45. The number of fused-ring (bicyclic) bond motifs is 3. The highest BCUT2D eigenvalue weighted by Crippen LogP contribution is 2.45. The summed E-state index contributed by atoms with van der Waals surface area (Å²) in [5.41, 5.74) is 15.8. The molecule has 0 unspecified atom stereocenters. The number of urea groups is 1. The van der Waals surface area contributed by atoms with Crippen LogP contribution in [0.1, 0.15) is 47.8 Å². The number of rotatable bonds is 2. The van der Waals surface area contributed by atoms with Crippen LogP contribution in [-0.2, 0) is 18.3 Å². The zero-order valence-electron chi connectivity index (χ0n) is 14.0. The number of thiophene rings is 1. The summed E-state index contributed by atoms with van der Waals surface area (Å²) in [4.78, 5) is 24.1. The van der Waals surface area contributed by atoms with Crippen molar-refractivity contribution in [3.63, 3.8) is 0 Å². The molecule has 24 heavy (non-hydrogen) atoms. The van der Waals surface area contributed by atoms with Crippen molar-refractivity contribution >= 4 is 28.3 Å². The number of carbonyl (C=O) groups is 2. The first-order valence-electron chi connectivity index (χ1n) is 7.84. The van der Waals surface area contributed by atoms with Crippen LogP contribution in [0.2, 0.25) is 0 Å². The smallest absolute Gasteiger partial charge is 0.317 e. The molecule has 0 atom stereocenters. The second-order valence-electron chi connectivity index (χ2n) is 7.09. The summed E-state index contributed by atoms with van der Waals surface area (Å²) in [6, 6.07) is 5.77. The molecule has 6 heteroatoms. The molecule has 0 saturated carbocycles. The molecule has 1 aliphatic carbocycles. The van der Waals surface area contributed by atoms with E-state index in [0.29, 0.717) is 10.6 Å². The average molecular weight is 343 g/mol. The molecule has 3 rings (SSSR count). The normalized spacial score (nSPS) is 13.1. The Bertz CT molecular complexity index is 847. The lowest BCUT2D eigenvalue weighted by Crippen LogP contribution is -2.22. The molecule has 5 nitrogen and oxygen atoms in total. The largest absolute Gasteiger partial charge is 0.365 e. The minimum Gasteiger partial charge on any atom is -0.365 e. The first kappa shape index (κ1) is 16.5. The SMILES string of the molecule is CC(C)(C)c1ccc2c(c1)CCc1c-2sc(NC(N)=O)c1C(N)=O. The lowest BCUT2D eigenvalue weighted by atomic mass is 9.82. The highest BCUT2D eigenvalue weighted by molar-refractivity contribution is 7.20. The number of aryl methyl sites for hydroxylation is 1. The molecule has 5 N–H and O–H groups in total. The van der Waals surface area contributed by atoms with Crippen LogP contribution >= 0.6 is 11.3 Å². The minimum atomic E-state index is -0.695. The minimum absolute atomic E-state index is 0.0851. The summed E-state index contributed by atoms with van der Waals surface area (Å²) in [5.74, 6) is -0.536. The van der Waals surface area contributed by atoms with Crippen molar-refractivity contribution < 1.29 is 9.59 Å². The lowest BCUT2D eigenvalue weighted by molar-refractivity contribution is 0.100. The monoisotopic (exact) mass is 343 g/mol. The van der Waals surface area contributed by atoms with Crippen LogP contribution in [0.15, 0.2) is 18.2 Å². The summed E-state index contributed by atoms with van der Waals surface area (Å²) < 4.78 is 0. The van der Waals surface area contributed by atoms with Gasteiger partial charge in [-0.1, -0.05) is 39.0 Å². The van der Waals surface area contributed by atoms with Gasteiger partial charge in [0.15, 0.2) is 0 Å². The van der Waals surface area contributed by atoms with Crippen molar-refractivity contribution in [2.75, 3.05) is 5.32 Å². The number of primary amides is 2. The van der Waals surface area contributed by atoms with E-state index in [-0.39, 0.29) is 5.41 Å². The van der Waals surface area contributed by atoms with Crippen molar-refractivity contribution in [2.24, 2.45) is 11.5 Å². The van der Waals surface area contributed by atoms with Gasteiger partial charge in [0.1, 0.15) is 5.00 Å². The summed E-state index contributed by atoms with van der Waals surface area (Å²) >= 11 is 1.36. The Balaban J connectivity index is 2.15. The fourth-order valence-electron chi connectivity index (χ4n) is 3.13. The predicted molar refractivity (Wildman–Crippen MR) is 97.6 cm³/mol. The van der Waals surface area contributed by atoms with Crippen LogP contribution in [0, 0.1) is 0 Å². The second kappa shape index (κ2) is 5.63. The maximum absolute atomic E-state index is 11.9. The van der Waals surface area contributed by atoms with Crippen molar-refractivity contribution in [1.29, 1.82) is 0 Å². The van der Waals surface area contributed by atoms with E-state index in [1.807, 2.05) is 0 Å². The summed E-state index contributed by atoms with van der Waals surface area (Å²) in [7, 11) is 0. The third-order valence-electron chi connectivity index (χ3n) is 4.35. The molecule has 2 aromatic rings.